The molecule has 14 atom stereocenters. The van der Waals surface area contributed by atoms with Crippen molar-refractivity contribution in [1.29, 1.82) is 5.41 Å². The fourth-order valence-electron chi connectivity index (χ4n) is 12.6. The van der Waals surface area contributed by atoms with Crippen LogP contribution in [0.3, 0.4) is 0 Å². The maximum atomic E-state index is 14.7. The van der Waals surface area contributed by atoms with Crippen LogP contribution < -0.4 is 103 Å². The van der Waals surface area contributed by atoms with Gasteiger partial charge in [-0.15, -0.1) is 0 Å². The van der Waals surface area contributed by atoms with Crippen LogP contribution in [0.25, 0.3) is 0 Å². The summed E-state index contributed by atoms with van der Waals surface area (Å²) in [6.07, 6.45) is -6.47. The van der Waals surface area contributed by atoms with E-state index in [0.29, 0.717) is 5.56 Å². The number of nitrogens with two attached hydrogens (primary N) is 4. The van der Waals surface area contributed by atoms with Gasteiger partial charge in [-0.3, -0.25) is 111 Å². The Hall–Kier alpha value is -12.9. The average molecular weight is 1820 g/mol. The van der Waals surface area contributed by atoms with Crippen molar-refractivity contribution in [2.75, 3.05) is 38.2 Å². The van der Waals surface area contributed by atoms with Crippen molar-refractivity contribution in [3.05, 3.63) is 35.9 Å². The number of aliphatic carboxylic acids is 5. The number of carboxylic acids is 5. The Morgan fingerprint density at radius 2 is 0.827 bits per heavy atom. The molecule has 2 rings (SSSR count). The summed E-state index contributed by atoms with van der Waals surface area (Å²) in [6.45, 7) is 9.60. The molecular formula is C78H123N21O27S. The first-order valence-electron chi connectivity index (χ1n) is 41.1. The minimum absolute atomic E-state index is 0.0115. The van der Waals surface area contributed by atoms with E-state index in [1.165, 1.54) is 37.4 Å². The normalized spacial score (nSPS) is 15.3. The van der Waals surface area contributed by atoms with Crippen LogP contribution in [0.5, 0.6) is 0 Å². The fourth-order valence-corrected chi connectivity index (χ4v) is 13.1. The topological polar surface area (TPSA) is 788 Å². The molecule has 0 aliphatic carbocycles. The molecular weight excluding hydrogens is 1700 g/mol. The number of hydrogen-bond acceptors (Lipinski definition) is 25. The van der Waals surface area contributed by atoms with Crippen LogP contribution in [0.4, 0.5) is 0 Å². The number of hydrogen-bond donors (Lipinski definition) is 25. The van der Waals surface area contributed by atoms with Crippen molar-refractivity contribution in [3.8, 4) is 0 Å². The van der Waals surface area contributed by atoms with Crippen molar-refractivity contribution in [2.45, 2.75) is 255 Å². The number of guanidine groups is 1. The Bertz CT molecular complexity index is 4050. The number of carboxylic acid groups (broad SMARTS) is 5. The van der Waals surface area contributed by atoms with Crippen LogP contribution in [0, 0.1) is 23.2 Å². The second kappa shape index (κ2) is 56.9. The largest absolute Gasteiger partial charge is 0.481 e. The van der Waals surface area contributed by atoms with E-state index >= 15 is 0 Å². The van der Waals surface area contributed by atoms with Crippen LogP contribution in [0.15, 0.2) is 30.3 Å². The highest BCUT2D eigenvalue weighted by atomic mass is 32.2. The molecule has 17 amide bonds. The number of nitrogens with one attached hydrogen (secondary N) is 16. The fraction of sp³-hybridized carbons (Fsp3) is 0.628. The first-order valence-corrected chi connectivity index (χ1v) is 42.5. The van der Waals surface area contributed by atoms with E-state index in [4.69, 9.17) is 33.5 Å². The lowest BCUT2D eigenvalue weighted by Crippen LogP contribution is -2.61. The van der Waals surface area contributed by atoms with E-state index in [0.717, 1.165) is 0 Å². The molecule has 1 aromatic rings. The monoisotopic (exact) mass is 1820 g/mol. The van der Waals surface area contributed by atoms with E-state index < -0.39 is 317 Å². The van der Waals surface area contributed by atoms with Gasteiger partial charge in [0.2, 0.25) is 100 Å². The second-order valence-electron chi connectivity index (χ2n) is 31.2. The molecule has 1 heterocycles. The Morgan fingerprint density at radius 3 is 1.27 bits per heavy atom. The van der Waals surface area contributed by atoms with E-state index in [9.17, 15) is 126 Å². The van der Waals surface area contributed by atoms with Crippen molar-refractivity contribution in [3.63, 3.8) is 0 Å². The third kappa shape index (κ3) is 43.1. The van der Waals surface area contributed by atoms with Gasteiger partial charge in [-0.1, -0.05) is 71.9 Å². The molecule has 708 valence electrons. The zero-order valence-corrected chi connectivity index (χ0v) is 72.9. The summed E-state index contributed by atoms with van der Waals surface area (Å²) in [4.78, 5) is 293. The Balaban J connectivity index is 2.38. The summed E-state index contributed by atoms with van der Waals surface area (Å²) >= 11 is 1.19. The van der Waals surface area contributed by atoms with Gasteiger partial charge in [0.15, 0.2) is 5.96 Å². The summed E-state index contributed by atoms with van der Waals surface area (Å²) in [6, 6.07) is -13.6. The number of thioether (sulfide) groups is 1. The molecule has 1 aliphatic heterocycles. The van der Waals surface area contributed by atoms with Crippen molar-refractivity contribution < 1.29 is 131 Å². The van der Waals surface area contributed by atoms with Crippen LogP contribution in [-0.2, 0) is 112 Å². The number of primary amides is 2. The third-order valence-electron chi connectivity index (χ3n) is 19.5. The standard InChI is InChI=1S/C78H123N21O27S/c1-38(2)34-51(73(122)96-52(35-42-14-10-9-11-15-42)74(123)90-44(16-12-31-84-78(82)83)66(115)85-36-55(81)101)88-56(102)37-86-67(116)45(19-24-54(80)100)95-75(124)53-17-13-32-99(53)77(126)63(40(5)6)98-76(125)62(39(3)4)97-64(113)41(7)87-68(117)50(30-33-127-8)94-72(121)49(23-29-61(111)112)93-71(120)48(22-28-60(109)110)92-70(119)47(21-27-59(107)108)91-69(118)46(20-26-58(105)106)89-65(114)43(79)18-25-57(103)104/h9-11,14-15,38-41,43-53,62-63H,12-13,16-37,79H2,1-8H3,(H2,80,100)(H2,81,101)(H,85,115)(H,86,116)(H,87,117)(H,88,102)(H,89,114)(H,90,123)(H,91,118)(H,92,119)(H,93,120)(H,94,121)(H,95,124)(H,96,122)(H,97,113)(H,98,125)(H,103,104)(H,105,106)(H,107,108)(H,109,110)(H,111,112)(H4,82,83,84)/t41-,43-,44-,45-,46-,47-,48-,49-,50-,51-,52-,53-,62-,63-/m0/s1. The summed E-state index contributed by atoms with van der Waals surface area (Å²) < 4.78 is 0. The molecule has 0 spiro atoms. The van der Waals surface area contributed by atoms with Gasteiger partial charge in [0, 0.05) is 58.0 Å². The molecule has 1 aliphatic rings. The molecule has 0 saturated carbocycles. The lowest BCUT2D eigenvalue weighted by molar-refractivity contribution is -0.143. The highest BCUT2D eigenvalue weighted by Crippen LogP contribution is 2.22. The van der Waals surface area contributed by atoms with E-state index in [1.807, 2.05) is 0 Å². The molecule has 49 heteroatoms. The molecule has 127 heavy (non-hydrogen) atoms. The zero-order valence-electron chi connectivity index (χ0n) is 72.1. The minimum Gasteiger partial charge on any atom is -0.481 e. The number of rotatable bonds is 61. The molecule has 1 saturated heterocycles. The average Bonchev–Trinajstić information content (AvgIpc) is 1.74. The van der Waals surface area contributed by atoms with Gasteiger partial charge in [0.1, 0.15) is 78.5 Å². The first-order chi connectivity index (χ1) is 59.5. The minimum atomic E-state index is -1.99. The predicted octanol–water partition coefficient (Wildman–Crippen LogP) is -6.93. The van der Waals surface area contributed by atoms with Gasteiger partial charge in [-0.2, -0.15) is 11.8 Å². The summed E-state index contributed by atoms with van der Waals surface area (Å²) in [5.74, 6) is -26.4. The molecule has 48 nitrogen and oxygen atoms in total. The van der Waals surface area contributed by atoms with Gasteiger partial charge in [-0.25, -0.2) is 0 Å². The number of amides is 17. The molecule has 1 aromatic carbocycles. The second-order valence-corrected chi connectivity index (χ2v) is 32.2. The maximum absolute atomic E-state index is 14.7. The van der Waals surface area contributed by atoms with Crippen LogP contribution in [0.1, 0.15) is 170 Å². The number of carbonyl (C=O) groups is 22. The van der Waals surface area contributed by atoms with Gasteiger partial charge in [-0.05, 0) is 119 Å². The SMILES string of the molecule is CSCC[C@H](NC(=O)[C@H](CCC(=O)O)NC(=O)[C@H](CCC(=O)O)NC(=O)[C@H](CCC(=O)O)NC(=O)[C@H](CCC(=O)O)NC(=O)[C@@H](N)CCC(=O)O)C(=O)N[C@@H](C)C(=O)N[C@H](C(=O)N[C@H](C(=O)N1CCC[C@H]1C(=O)N[C@@H](CCC(N)=O)C(=O)NCC(=O)N[C@@H](CC(C)C)C(=O)N[C@@H](Cc1ccccc1)C(=O)N[C@@H](CCCNC(=N)N)C(=O)NCC(N)=O)C(C)C)C(C)C. The summed E-state index contributed by atoms with van der Waals surface area (Å²) in [7, 11) is 0. The van der Waals surface area contributed by atoms with E-state index in [2.05, 4.69) is 79.8 Å². The number of likely N-dealkylation sites (tertiary alicyclic amines) is 1. The molecule has 1 fully saturated rings. The van der Waals surface area contributed by atoms with Crippen LogP contribution in [0.2, 0.25) is 0 Å². The molecule has 0 unspecified atom stereocenters. The van der Waals surface area contributed by atoms with E-state index in [1.54, 1.807) is 64.3 Å². The lowest BCUT2D eigenvalue weighted by atomic mass is 9.98. The Morgan fingerprint density at radius 1 is 0.425 bits per heavy atom. The molecule has 0 bridgehead atoms. The summed E-state index contributed by atoms with van der Waals surface area (Å²) in [5, 5.41) is 91.2. The molecule has 0 radical (unpaired) electrons. The van der Waals surface area contributed by atoms with Crippen molar-refractivity contribution in [2.24, 2.45) is 40.7 Å². The highest BCUT2D eigenvalue weighted by Gasteiger charge is 2.43. The van der Waals surface area contributed by atoms with E-state index in [-0.39, 0.29) is 75.7 Å². The number of carbonyl (C=O) groups excluding carboxylic acids is 17. The zero-order chi connectivity index (χ0) is 96.1. The van der Waals surface area contributed by atoms with Gasteiger partial charge < -0.3 is 133 Å². The maximum Gasteiger partial charge on any atom is 0.303 e. The van der Waals surface area contributed by atoms with Gasteiger partial charge in [0.05, 0.1) is 19.1 Å². The predicted molar refractivity (Wildman–Crippen MR) is 451 cm³/mol. The van der Waals surface area contributed by atoms with Gasteiger partial charge in [0.25, 0.3) is 0 Å². The highest BCUT2D eigenvalue weighted by molar-refractivity contribution is 7.98. The lowest BCUT2D eigenvalue weighted by Gasteiger charge is -2.33. The van der Waals surface area contributed by atoms with Crippen LogP contribution >= 0.6 is 11.8 Å². The Labute approximate surface area is 735 Å². The molecule has 29 N–H and O–H groups in total. The number of nitrogens with zero attached hydrogens (tertiary/aromatic N) is 1. The van der Waals surface area contributed by atoms with Crippen molar-refractivity contribution in [1.82, 2.24) is 84.7 Å². The third-order valence-corrected chi connectivity index (χ3v) is 20.1. The van der Waals surface area contributed by atoms with Crippen LogP contribution in [-0.4, -0.2) is 289 Å². The van der Waals surface area contributed by atoms with Gasteiger partial charge >= 0.3 is 29.8 Å². The molecule has 0 aromatic heterocycles. The number of benzene rings is 1. The Kier molecular flexibility index (Phi) is 49.4. The smallest absolute Gasteiger partial charge is 0.303 e. The quantitative estimate of drug-likeness (QED) is 0.0164. The summed E-state index contributed by atoms with van der Waals surface area (Å²) in [5.41, 5.74) is 22.4. The van der Waals surface area contributed by atoms with Crippen molar-refractivity contribution >= 4 is 148 Å². The first kappa shape index (κ1) is 110.